The van der Waals surface area contributed by atoms with Crippen LogP contribution in [0.4, 0.5) is 0 Å². The molecule has 1 aromatic carbocycles. The Balaban J connectivity index is 2.02. The predicted molar refractivity (Wildman–Crippen MR) is 166 cm³/mol. The molecule has 0 saturated heterocycles. The molecule has 7 nitrogen and oxygen atoms in total. The van der Waals surface area contributed by atoms with E-state index in [9.17, 15) is 23.1 Å². The molecular weight excluding hydrogens is 556 g/mol. The second-order valence-corrected chi connectivity index (χ2v) is 17.4. The Labute approximate surface area is 250 Å². The van der Waals surface area contributed by atoms with Crippen LogP contribution in [0.5, 0.6) is 0 Å². The van der Waals surface area contributed by atoms with E-state index < -0.39 is 26.6 Å². The van der Waals surface area contributed by atoms with Gasteiger partial charge in [-0.1, -0.05) is 79.7 Å². The molecule has 1 heterocycles. The van der Waals surface area contributed by atoms with Crippen LogP contribution in [0.25, 0.3) is 10.4 Å². The van der Waals surface area contributed by atoms with E-state index in [1.807, 2.05) is 53.7 Å². The lowest BCUT2D eigenvalue weighted by atomic mass is 9.84. The zero-order chi connectivity index (χ0) is 30.8. The highest BCUT2D eigenvalue weighted by Gasteiger charge is 2.31. The standard InChI is InChI=1S/C32H48N2O5S2/c1-30(2,3)20-41(38,39)25-15-14-22(19-23(25)31(4,5)6)26-24(18-21-12-10-9-11-13-21)34-28(40-26)27(35)33-17-16-32(7,8)29(36)37/h14-15,19,21H,9-13,16-18,20H2,1-8H3,(H,33,35)(H,36,37). The Bertz CT molecular complexity index is 1360. The average molecular weight is 605 g/mol. The molecule has 1 aliphatic rings. The van der Waals surface area contributed by atoms with E-state index in [4.69, 9.17) is 4.98 Å². The van der Waals surface area contributed by atoms with Crippen molar-refractivity contribution in [3.63, 3.8) is 0 Å². The molecule has 0 atom stereocenters. The summed E-state index contributed by atoms with van der Waals surface area (Å²) in [6, 6.07) is 5.57. The van der Waals surface area contributed by atoms with Gasteiger partial charge in [-0.15, -0.1) is 11.3 Å². The van der Waals surface area contributed by atoms with E-state index in [0.29, 0.717) is 22.2 Å². The number of amides is 1. The van der Waals surface area contributed by atoms with Crippen molar-refractivity contribution >= 4 is 33.1 Å². The smallest absolute Gasteiger partial charge is 0.309 e. The maximum absolute atomic E-state index is 13.5. The van der Waals surface area contributed by atoms with Crippen LogP contribution in [0.1, 0.15) is 115 Å². The third-order valence-corrected chi connectivity index (χ3v) is 11.1. The second kappa shape index (κ2) is 12.5. The second-order valence-electron chi connectivity index (χ2n) is 14.5. The molecule has 1 amide bonds. The van der Waals surface area contributed by atoms with E-state index in [1.165, 1.54) is 30.6 Å². The minimum Gasteiger partial charge on any atom is -0.481 e. The summed E-state index contributed by atoms with van der Waals surface area (Å²) in [5, 5.41) is 12.6. The lowest BCUT2D eigenvalue weighted by Gasteiger charge is -2.26. The first-order chi connectivity index (χ1) is 18.8. The number of hydrogen-bond acceptors (Lipinski definition) is 6. The minimum absolute atomic E-state index is 0.0545. The highest BCUT2D eigenvalue weighted by Crippen LogP contribution is 2.39. The van der Waals surface area contributed by atoms with Crippen molar-refractivity contribution in [1.29, 1.82) is 0 Å². The van der Waals surface area contributed by atoms with E-state index in [1.54, 1.807) is 19.9 Å². The number of thiazole rings is 1. The summed E-state index contributed by atoms with van der Waals surface area (Å²) in [5.41, 5.74) is 0.785. The van der Waals surface area contributed by atoms with E-state index in [2.05, 4.69) is 5.32 Å². The van der Waals surface area contributed by atoms with Crippen molar-refractivity contribution in [3.05, 3.63) is 34.5 Å². The van der Waals surface area contributed by atoms with Crippen LogP contribution in [0, 0.1) is 16.7 Å². The molecule has 0 spiro atoms. The summed E-state index contributed by atoms with van der Waals surface area (Å²) in [5.74, 6) is -0.655. The molecule has 1 fully saturated rings. The molecule has 0 unspecified atom stereocenters. The summed E-state index contributed by atoms with van der Waals surface area (Å²) < 4.78 is 27.0. The molecule has 1 saturated carbocycles. The molecular formula is C32H48N2O5S2. The summed E-state index contributed by atoms with van der Waals surface area (Å²) >= 11 is 1.33. The van der Waals surface area contributed by atoms with Gasteiger partial charge in [0.15, 0.2) is 14.8 Å². The van der Waals surface area contributed by atoms with Crippen molar-refractivity contribution in [1.82, 2.24) is 10.3 Å². The molecule has 1 aliphatic carbocycles. The largest absolute Gasteiger partial charge is 0.481 e. The summed E-state index contributed by atoms with van der Waals surface area (Å²) in [6.45, 7) is 15.4. The van der Waals surface area contributed by atoms with Gasteiger partial charge in [-0.2, -0.15) is 0 Å². The third-order valence-electron chi connectivity index (χ3n) is 7.72. The van der Waals surface area contributed by atoms with E-state index in [0.717, 1.165) is 41.0 Å². The highest BCUT2D eigenvalue weighted by molar-refractivity contribution is 7.91. The van der Waals surface area contributed by atoms with Gasteiger partial charge in [-0.05, 0) is 66.7 Å². The Hall–Kier alpha value is -2.26. The molecule has 0 bridgehead atoms. The molecule has 1 aromatic heterocycles. The first kappa shape index (κ1) is 33.2. The number of nitrogens with one attached hydrogen (secondary N) is 1. The van der Waals surface area contributed by atoms with Crippen LogP contribution in [0.3, 0.4) is 0 Å². The SMILES string of the molecule is CC(C)(C)CS(=O)(=O)c1ccc(-c2sc(C(=O)NCCC(C)(C)C(=O)O)nc2CC2CCCCC2)cc1C(C)(C)C. The molecule has 9 heteroatoms. The quantitative estimate of drug-likeness (QED) is 0.295. The van der Waals surface area contributed by atoms with Gasteiger partial charge >= 0.3 is 5.97 Å². The zero-order valence-electron chi connectivity index (χ0n) is 26.0. The molecule has 41 heavy (non-hydrogen) atoms. The molecule has 2 aromatic rings. The Morgan fingerprint density at radius 1 is 1.02 bits per heavy atom. The first-order valence-corrected chi connectivity index (χ1v) is 17.2. The number of carbonyl (C=O) groups is 2. The van der Waals surface area contributed by atoms with Crippen LogP contribution < -0.4 is 5.32 Å². The molecule has 3 rings (SSSR count). The Morgan fingerprint density at radius 3 is 2.22 bits per heavy atom. The normalized spacial score (nSPS) is 15.6. The molecule has 228 valence electrons. The number of hydrogen-bond donors (Lipinski definition) is 2. The minimum atomic E-state index is -3.52. The molecule has 0 aliphatic heterocycles. The zero-order valence-corrected chi connectivity index (χ0v) is 27.7. The lowest BCUT2D eigenvalue weighted by molar-refractivity contribution is -0.147. The predicted octanol–water partition coefficient (Wildman–Crippen LogP) is 7.28. The number of aliphatic carboxylic acids is 1. The van der Waals surface area contributed by atoms with Gasteiger partial charge in [0.05, 0.1) is 26.6 Å². The maximum Gasteiger partial charge on any atom is 0.309 e. The fraction of sp³-hybridized carbons (Fsp3) is 0.656. The number of sulfone groups is 1. The number of aromatic nitrogens is 1. The number of carbonyl (C=O) groups excluding carboxylic acids is 1. The van der Waals surface area contributed by atoms with Crippen molar-refractivity contribution in [3.8, 4) is 10.4 Å². The summed E-state index contributed by atoms with van der Waals surface area (Å²) in [4.78, 5) is 30.7. The van der Waals surface area contributed by atoms with Crippen LogP contribution in [-0.4, -0.2) is 42.7 Å². The topological polar surface area (TPSA) is 113 Å². The average Bonchev–Trinajstić information content (AvgIpc) is 3.26. The summed E-state index contributed by atoms with van der Waals surface area (Å²) in [6.07, 6.45) is 7.01. The van der Waals surface area contributed by atoms with Gasteiger partial charge < -0.3 is 10.4 Å². The van der Waals surface area contributed by atoms with Gasteiger partial charge in [-0.25, -0.2) is 13.4 Å². The number of nitrogens with zero attached hydrogens (tertiary/aromatic N) is 1. The van der Waals surface area contributed by atoms with Crippen molar-refractivity contribution in [2.24, 2.45) is 16.7 Å². The van der Waals surface area contributed by atoms with Crippen molar-refractivity contribution < 1.29 is 23.1 Å². The van der Waals surface area contributed by atoms with Crippen LogP contribution in [0.2, 0.25) is 0 Å². The third kappa shape index (κ3) is 8.87. The molecule has 2 N–H and O–H groups in total. The maximum atomic E-state index is 13.5. The van der Waals surface area contributed by atoms with Gasteiger partial charge in [0.1, 0.15) is 0 Å². The molecule has 0 radical (unpaired) electrons. The van der Waals surface area contributed by atoms with Gasteiger partial charge in [-0.3, -0.25) is 9.59 Å². The number of benzene rings is 1. The van der Waals surface area contributed by atoms with E-state index >= 15 is 0 Å². The fourth-order valence-electron chi connectivity index (χ4n) is 5.32. The van der Waals surface area contributed by atoms with Crippen LogP contribution >= 0.6 is 11.3 Å². The highest BCUT2D eigenvalue weighted by atomic mass is 32.2. The Morgan fingerprint density at radius 2 is 1.66 bits per heavy atom. The lowest BCUT2D eigenvalue weighted by Crippen LogP contribution is -2.31. The Kier molecular flexibility index (Phi) is 10.2. The first-order valence-electron chi connectivity index (χ1n) is 14.7. The number of carboxylic acid groups (broad SMARTS) is 1. The monoisotopic (exact) mass is 604 g/mol. The fourth-order valence-corrected chi connectivity index (χ4v) is 8.60. The summed E-state index contributed by atoms with van der Waals surface area (Å²) in [7, 11) is -3.52. The van der Waals surface area contributed by atoms with E-state index in [-0.39, 0.29) is 23.6 Å². The number of rotatable bonds is 10. The van der Waals surface area contributed by atoms with Crippen LogP contribution in [0.15, 0.2) is 23.1 Å². The van der Waals surface area contributed by atoms with Crippen LogP contribution in [-0.2, 0) is 26.5 Å². The van der Waals surface area contributed by atoms with Gasteiger partial charge in [0.25, 0.3) is 5.91 Å². The van der Waals surface area contributed by atoms with Gasteiger partial charge in [0, 0.05) is 6.54 Å². The van der Waals surface area contributed by atoms with Crippen molar-refractivity contribution in [2.45, 2.75) is 111 Å². The van der Waals surface area contributed by atoms with Gasteiger partial charge in [0.2, 0.25) is 0 Å². The van der Waals surface area contributed by atoms with Crippen molar-refractivity contribution in [2.75, 3.05) is 12.3 Å². The number of carboxylic acids is 1.